The first-order chi connectivity index (χ1) is 10.2. The van der Waals surface area contributed by atoms with Crippen LogP contribution in [0, 0.1) is 0 Å². The second-order valence-corrected chi connectivity index (χ2v) is 7.01. The van der Waals surface area contributed by atoms with Gasteiger partial charge in [-0.2, -0.15) is 0 Å². The van der Waals surface area contributed by atoms with Gasteiger partial charge in [-0.15, -0.1) is 11.3 Å². The van der Waals surface area contributed by atoms with Crippen LogP contribution in [0.5, 0.6) is 0 Å². The van der Waals surface area contributed by atoms with Gasteiger partial charge < -0.3 is 10.2 Å². The van der Waals surface area contributed by atoms with Crippen LogP contribution in [-0.4, -0.2) is 49.7 Å². The zero-order valence-electron chi connectivity index (χ0n) is 14.0. The summed E-state index contributed by atoms with van der Waals surface area (Å²) in [5.74, 6) is 0. The van der Waals surface area contributed by atoms with E-state index in [1.165, 1.54) is 41.6 Å². The molecule has 1 saturated heterocycles. The van der Waals surface area contributed by atoms with E-state index in [0.717, 1.165) is 25.9 Å². The van der Waals surface area contributed by atoms with Crippen molar-refractivity contribution in [3.8, 4) is 0 Å². The van der Waals surface area contributed by atoms with Crippen LogP contribution in [-0.2, 0) is 13.0 Å². The van der Waals surface area contributed by atoms with Crippen LogP contribution in [0.2, 0.25) is 0 Å². The average Bonchev–Trinajstić information content (AvgIpc) is 3.07. The monoisotopic (exact) mass is 310 g/mol. The Kier molecular flexibility index (Phi) is 6.45. The van der Waals surface area contributed by atoms with Crippen LogP contribution in [0.3, 0.4) is 0 Å². The van der Waals surface area contributed by atoms with Crippen LogP contribution in [0.15, 0.2) is 0 Å². The molecule has 2 heterocycles. The molecule has 1 aliphatic rings. The molecule has 1 aliphatic heterocycles. The summed E-state index contributed by atoms with van der Waals surface area (Å²) in [5.41, 5.74) is 1.29. The molecular formula is C16H30N4S. The van der Waals surface area contributed by atoms with Gasteiger partial charge >= 0.3 is 0 Å². The Morgan fingerprint density at radius 3 is 2.90 bits per heavy atom. The first kappa shape index (κ1) is 16.7. The molecule has 1 aromatic rings. The normalized spacial score (nSPS) is 19.3. The minimum Gasteiger partial charge on any atom is -0.350 e. The molecule has 1 aromatic heterocycles. The van der Waals surface area contributed by atoms with Gasteiger partial charge in [-0.25, -0.2) is 4.98 Å². The largest absolute Gasteiger partial charge is 0.350 e. The summed E-state index contributed by atoms with van der Waals surface area (Å²) in [5, 5.41) is 4.45. The first-order valence-electron chi connectivity index (χ1n) is 8.27. The third-order valence-electron chi connectivity index (χ3n) is 4.31. The summed E-state index contributed by atoms with van der Waals surface area (Å²) in [6, 6.07) is 0.700. The standard InChI is InChI=1S/C16H30N4S/c1-5-8-14-15(11-17-3)21-16(18-14)19(4)12-13-9-7-10-20(13)6-2/h13,17H,5-12H2,1-4H3. The molecular weight excluding hydrogens is 280 g/mol. The highest BCUT2D eigenvalue weighted by molar-refractivity contribution is 7.15. The summed E-state index contributed by atoms with van der Waals surface area (Å²) in [6.07, 6.45) is 4.92. The fraction of sp³-hybridized carbons (Fsp3) is 0.812. The van der Waals surface area contributed by atoms with Crippen molar-refractivity contribution in [3.63, 3.8) is 0 Å². The molecule has 1 unspecified atom stereocenters. The highest BCUT2D eigenvalue weighted by Gasteiger charge is 2.25. The van der Waals surface area contributed by atoms with Crippen LogP contribution in [0.4, 0.5) is 5.13 Å². The van der Waals surface area contributed by atoms with Crippen molar-refractivity contribution in [1.82, 2.24) is 15.2 Å². The fourth-order valence-electron chi connectivity index (χ4n) is 3.18. The van der Waals surface area contributed by atoms with Crippen molar-refractivity contribution in [1.29, 1.82) is 0 Å². The second kappa shape index (κ2) is 8.11. The molecule has 21 heavy (non-hydrogen) atoms. The van der Waals surface area contributed by atoms with Gasteiger partial charge in [-0.1, -0.05) is 20.3 Å². The molecule has 0 amide bonds. The van der Waals surface area contributed by atoms with E-state index in [-0.39, 0.29) is 0 Å². The van der Waals surface area contributed by atoms with Gasteiger partial charge in [0.2, 0.25) is 0 Å². The van der Waals surface area contributed by atoms with Crippen molar-refractivity contribution in [3.05, 3.63) is 10.6 Å². The Hall–Kier alpha value is -0.650. The lowest BCUT2D eigenvalue weighted by Crippen LogP contribution is -2.38. The molecule has 0 radical (unpaired) electrons. The maximum Gasteiger partial charge on any atom is 0.185 e. The smallest absolute Gasteiger partial charge is 0.185 e. The lowest BCUT2D eigenvalue weighted by atomic mass is 10.2. The molecule has 0 bridgehead atoms. The molecule has 1 N–H and O–H groups in total. The number of aryl methyl sites for hydroxylation is 1. The van der Waals surface area contributed by atoms with E-state index in [1.54, 1.807) is 0 Å². The lowest BCUT2D eigenvalue weighted by Gasteiger charge is -2.27. The predicted molar refractivity (Wildman–Crippen MR) is 92.4 cm³/mol. The van der Waals surface area contributed by atoms with Gasteiger partial charge in [-0.3, -0.25) is 4.90 Å². The number of rotatable bonds is 8. The lowest BCUT2D eigenvalue weighted by molar-refractivity contribution is 0.270. The van der Waals surface area contributed by atoms with Gasteiger partial charge in [0.1, 0.15) is 0 Å². The topological polar surface area (TPSA) is 31.4 Å². The zero-order valence-corrected chi connectivity index (χ0v) is 14.8. The second-order valence-electron chi connectivity index (χ2n) is 5.95. The van der Waals surface area contributed by atoms with Crippen molar-refractivity contribution in [2.75, 3.05) is 38.6 Å². The fourth-order valence-corrected chi connectivity index (χ4v) is 4.26. The Bertz CT molecular complexity index is 408. The Balaban J connectivity index is 2.04. The summed E-state index contributed by atoms with van der Waals surface area (Å²) in [4.78, 5) is 11.3. The maximum absolute atomic E-state index is 4.90. The predicted octanol–water partition coefficient (Wildman–Crippen LogP) is 2.74. The average molecular weight is 311 g/mol. The van der Waals surface area contributed by atoms with E-state index in [1.807, 2.05) is 18.4 Å². The minimum atomic E-state index is 0.700. The zero-order chi connectivity index (χ0) is 15.2. The van der Waals surface area contributed by atoms with E-state index in [4.69, 9.17) is 4.98 Å². The summed E-state index contributed by atoms with van der Waals surface area (Å²) >= 11 is 1.86. The number of nitrogens with one attached hydrogen (secondary N) is 1. The Morgan fingerprint density at radius 2 is 2.24 bits per heavy atom. The Labute approximate surface area is 133 Å². The number of likely N-dealkylation sites (N-methyl/N-ethyl adjacent to an activating group) is 2. The molecule has 4 nitrogen and oxygen atoms in total. The highest BCUT2D eigenvalue weighted by atomic mass is 32.1. The van der Waals surface area contributed by atoms with Crippen molar-refractivity contribution in [2.45, 2.75) is 52.1 Å². The molecule has 0 aromatic carbocycles. The first-order valence-corrected chi connectivity index (χ1v) is 9.09. The van der Waals surface area contributed by atoms with Crippen molar-refractivity contribution in [2.24, 2.45) is 0 Å². The van der Waals surface area contributed by atoms with Gasteiger partial charge in [0.25, 0.3) is 0 Å². The van der Waals surface area contributed by atoms with E-state index < -0.39 is 0 Å². The SMILES string of the molecule is CCCc1nc(N(C)CC2CCCN2CC)sc1CNC. The number of nitrogens with zero attached hydrogens (tertiary/aromatic N) is 3. The number of thiazole rings is 1. The molecule has 0 aliphatic carbocycles. The molecule has 5 heteroatoms. The summed E-state index contributed by atoms with van der Waals surface area (Å²) < 4.78 is 0. The maximum atomic E-state index is 4.90. The molecule has 120 valence electrons. The quantitative estimate of drug-likeness (QED) is 0.800. The Morgan fingerprint density at radius 1 is 1.43 bits per heavy atom. The number of hydrogen-bond donors (Lipinski definition) is 1. The van der Waals surface area contributed by atoms with Gasteiger partial charge in [0.05, 0.1) is 5.69 Å². The van der Waals surface area contributed by atoms with E-state index in [9.17, 15) is 0 Å². The number of likely N-dealkylation sites (tertiary alicyclic amines) is 1. The van der Waals surface area contributed by atoms with Gasteiger partial charge in [0, 0.05) is 31.1 Å². The number of aromatic nitrogens is 1. The third kappa shape index (κ3) is 4.18. The minimum absolute atomic E-state index is 0.700. The van der Waals surface area contributed by atoms with E-state index in [0.29, 0.717) is 6.04 Å². The van der Waals surface area contributed by atoms with Crippen molar-refractivity contribution < 1.29 is 0 Å². The number of anilines is 1. The van der Waals surface area contributed by atoms with Crippen LogP contribution < -0.4 is 10.2 Å². The molecule has 1 atom stereocenters. The van der Waals surface area contributed by atoms with E-state index in [2.05, 4.69) is 36.0 Å². The van der Waals surface area contributed by atoms with Crippen LogP contribution in [0.25, 0.3) is 0 Å². The van der Waals surface area contributed by atoms with Crippen LogP contribution >= 0.6 is 11.3 Å². The van der Waals surface area contributed by atoms with Gasteiger partial charge in [-0.05, 0) is 39.4 Å². The number of hydrogen-bond acceptors (Lipinski definition) is 5. The highest BCUT2D eigenvalue weighted by Crippen LogP contribution is 2.28. The van der Waals surface area contributed by atoms with Crippen LogP contribution in [0.1, 0.15) is 43.7 Å². The summed E-state index contributed by atoms with van der Waals surface area (Å²) in [6.45, 7) is 8.97. The molecule has 1 fully saturated rings. The third-order valence-corrected chi connectivity index (χ3v) is 5.52. The summed E-state index contributed by atoms with van der Waals surface area (Å²) in [7, 11) is 4.21. The molecule has 0 saturated carbocycles. The van der Waals surface area contributed by atoms with E-state index >= 15 is 0 Å². The van der Waals surface area contributed by atoms with Gasteiger partial charge in [0.15, 0.2) is 5.13 Å². The molecule has 0 spiro atoms. The van der Waals surface area contributed by atoms with Crippen molar-refractivity contribution >= 4 is 16.5 Å². The molecule has 2 rings (SSSR count).